The van der Waals surface area contributed by atoms with Crippen LogP contribution in [0.5, 0.6) is 5.75 Å². The van der Waals surface area contributed by atoms with Crippen molar-refractivity contribution in [1.82, 2.24) is 9.88 Å². The Morgan fingerprint density at radius 3 is 2.00 bits per heavy atom. The van der Waals surface area contributed by atoms with Gasteiger partial charge in [-0.05, 0) is 47.9 Å². The van der Waals surface area contributed by atoms with Gasteiger partial charge in [-0.1, -0.05) is 45.0 Å². The largest absolute Gasteiger partial charge is 0.486 e. The average Bonchev–Trinajstić information content (AvgIpc) is 3.83. The number of benzene rings is 4. The van der Waals surface area contributed by atoms with Crippen molar-refractivity contribution in [2.75, 3.05) is 11.4 Å². The van der Waals surface area contributed by atoms with Crippen LogP contribution < -0.4 is 9.64 Å². The van der Waals surface area contributed by atoms with E-state index in [0.717, 1.165) is 58.4 Å². The number of amides is 2. The molecular formula is C41H33N5O12S. The van der Waals surface area contributed by atoms with E-state index in [4.69, 9.17) is 14.2 Å². The smallest absolute Gasteiger partial charge is 0.422 e. The van der Waals surface area contributed by atoms with Crippen molar-refractivity contribution in [3.8, 4) is 5.75 Å². The Labute approximate surface area is 338 Å². The van der Waals surface area contributed by atoms with E-state index in [1.54, 1.807) is 49.5 Å². The van der Waals surface area contributed by atoms with Crippen LogP contribution in [-0.4, -0.2) is 62.2 Å². The molecule has 7 rings (SSSR count). The number of rotatable bonds is 12. The number of thiazole rings is 1. The van der Waals surface area contributed by atoms with E-state index in [1.165, 1.54) is 16.2 Å². The van der Waals surface area contributed by atoms with E-state index >= 15 is 0 Å². The lowest BCUT2D eigenvalue weighted by atomic mass is 9.74. The highest BCUT2D eigenvalue weighted by Gasteiger charge is 2.59. The first-order valence-corrected chi connectivity index (χ1v) is 19.0. The number of nitro benzene ring substituents is 2. The number of carbonyl (C=O) groups is 5. The molecule has 18 heteroatoms. The molecule has 0 radical (unpaired) electrons. The number of ether oxygens (including phenoxy) is 3. The Morgan fingerprint density at radius 2 is 1.42 bits per heavy atom. The molecule has 0 saturated carbocycles. The van der Waals surface area contributed by atoms with E-state index in [0.29, 0.717) is 16.5 Å². The van der Waals surface area contributed by atoms with Crippen LogP contribution in [0.4, 0.5) is 21.9 Å². The van der Waals surface area contributed by atoms with Gasteiger partial charge in [-0.2, -0.15) is 0 Å². The highest BCUT2D eigenvalue weighted by Crippen LogP contribution is 2.49. The lowest BCUT2D eigenvalue weighted by molar-refractivity contribution is -0.385. The van der Waals surface area contributed by atoms with Crippen LogP contribution in [0.2, 0.25) is 0 Å². The van der Waals surface area contributed by atoms with Gasteiger partial charge in [0.1, 0.15) is 23.1 Å². The Balaban J connectivity index is 1.29. The SMILES string of the molecule is CC(C)C1C(=O)N2C(C(=O)OC(=O)c3ccc([N+](=O)[O-])cc3)=C(CN(C(=O)OC(=O)c3ccc([N+](=O)[O-])cc3)c3cccc4c(OCc5nccs5)cccc34)[C@H](C)C12. The van der Waals surface area contributed by atoms with Crippen LogP contribution in [0.1, 0.15) is 46.5 Å². The number of fused-ring (bicyclic) bond motifs is 2. The number of anilines is 1. The van der Waals surface area contributed by atoms with Crippen molar-refractivity contribution in [2.45, 2.75) is 33.4 Å². The van der Waals surface area contributed by atoms with Crippen LogP contribution in [0.3, 0.4) is 0 Å². The first kappa shape index (κ1) is 39.9. The van der Waals surface area contributed by atoms with Crippen LogP contribution in [0.15, 0.2) is 108 Å². The molecule has 0 bridgehead atoms. The monoisotopic (exact) mass is 819 g/mol. The normalized spacial score (nSPS) is 17.0. The molecule has 17 nitrogen and oxygen atoms in total. The topological polar surface area (TPSA) is 219 Å². The predicted octanol–water partition coefficient (Wildman–Crippen LogP) is 7.25. The van der Waals surface area contributed by atoms with E-state index < -0.39 is 64.2 Å². The van der Waals surface area contributed by atoms with Crippen molar-refractivity contribution in [2.24, 2.45) is 17.8 Å². The van der Waals surface area contributed by atoms with Gasteiger partial charge in [0.15, 0.2) is 0 Å². The van der Waals surface area contributed by atoms with Gasteiger partial charge in [0, 0.05) is 52.5 Å². The van der Waals surface area contributed by atoms with Crippen molar-refractivity contribution in [1.29, 1.82) is 0 Å². The fourth-order valence-electron chi connectivity index (χ4n) is 7.36. The van der Waals surface area contributed by atoms with Crippen LogP contribution in [0, 0.1) is 38.0 Å². The molecule has 0 N–H and O–H groups in total. The van der Waals surface area contributed by atoms with Gasteiger partial charge in [-0.3, -0.25) is 29.9 Å². The molecule has 5 aromatic rings. The Morgan fingerprint density at radius 1 is 0.831 bits per heavy atom. The molecule has 300 valence electrons. The standard InChI is InChI=1S/C41H33N5O12S/c1-22(2)34-35-23(3)30(36(44(35)37(34)47)40(50)57-38(48)24-10-14-26(15-11-24)45(52)53)20-43(41(51)58-39(49)25-12-16-27(17-13-25)46(54)55)31-8-4-7-29-28(31)6-5-9-32(29)56-21-33-42-18-19-59-33/h4-19,22-23,34-35H,20-21H2,1-3H3/t23-,34?,35?/m0/s1. The maximum absolute atomic E-state index is 14.4. The number of hydrogen-bond acceptors (Lipinski definition) is 14. The summed E-state index contributed by atoms with van der Waals surface area (Å²) in [5, 5.41) is 26.0. The van der Waals surface area contributed by atoms with Crippen LogP contribution in [0.25, 0.3) is 10.8 Å². The van der Waals surface area contributed by atoms with E-state index in [2.05, 4.69) is 4.98 Å². The minimum atomic E-state index is -1.20. The average molecular weight is 820 g/mol. The molecular weight excluding hydrogens is 787 g/mol. The molecule has 59 heavy (non-hydrogen) atoms. The molecule has 2 unspecified atom stereocenters. The predicted molar refractivity (Wildman–Crippen MR) is 210 cm³/mol. The highest BCUT2D eigenvalue weighted by molar-refractivity contribution is 7.09. The molecule has 2 amide bonds. The number of nitrogens with zero attached hydrogens (tertiary/aromatic N) is 5. The zero-order chi connectivity index (χ0) is 42.1. The van der Waals surface area contributed by atoms with Crippen molar-refractivity contribution >= 4 is 69.1 Å². The quantitative estimate of drug-likeness (QED) is 0.0399. The Kier molecular flexibility index (Phi) is 11.0. The molecule has 2 aliphatic rings. The van der Waals surface area contributed by atoms with Crippen molar-refractivity contribution in [3.63, 3.8) is 0 Å². The summed E-state index contributed by atoms with van der Waals surface area (Å²) in [6.45, 7) is 5.22. The van der Waals surface area contributed by atoms with Gasteiger partial charge in [-0.25, -0.2) is 24.2 Å². The van der Waals surface area contributed by atoms with E-state index in [9.17, 15) is 44.2 Å². The molecule has 1 fully saturated rings. The molecule has 3 heterocycles. The van der Waals surface area contributed by atoms with Crippen molar-refractivity contribution < 1.29 is 48.0 Å². The summed E-state index contributed by atoms with van der Waals surface area (Å²) in [7, 11) is 0. The lowest BCUT2D eigenvalue weighted by Crippen LogP contribution is -2.62. The van der Waals surface area contributed by atoms with Gasteiger partial charge in [0.05, 0.1) is 45.2 Å². The zero-order valence-corrected chi connectivity index (χ0v) is 32.3. The van der Waals surface area contributed by atoms with Gasteiger partial charge < -0.3 is 19.1 Å². The highest BCUT2D eigenvalue weighted by atomic mass is 32.1. The first-order chi connectivity index (χ1) is 28.2. The fourth-order valence-corrected chi connectivity index (χ4v) is 7.89. The first-order valence-electron chi connectivity index (χ1n) is 18.1. The molecule has 2 aliphatic heterocycles. The van der Waals surface area contributed by atoms with Gasteiger partial charge in [-0.15, -0.1) is 11.3 Å². The van der Waals surface area contributed by atoms with Crippen molar-refractivity contribution in [3.05, 3.63) is 144 Å². The second-order valence-electron chi connectivity index (χ2n) is 14.0. The second kappa shape index (κ2) is 16.3. The number of hydrogen-bond donors (Lipinski definition) is 0. The van der Waals surface area contributed by atoms with Gasteiger partial charge >= 0.3 is 24.0 Å². The van der Waals surface area contributed by atoms with E-state index in [-0.39, 0.29) is 52.0 Å². The molecule has 0 spiro atoms. The number of non-ortho nitro benzene ring substituents is 2. The van der Waals surface area contributed by atoms with Crippen LogP contribution >= 0.6 is 11.3 Å². The lowest BCUT2D eigenvalue weighted by Gasteiger charge is -2.47. The number of β-lactam (4-membered cyclic amide) rings is 1. The summed E-state index contributed by atoms with van der Waals surface area (Å²) in [6.07, 6.45) is 0.463. The third-order valence-corrected chi connectivity index (χ3v) is 11.0. The summed E-state index contributed by atoms with van der Waals surface area (Å²) >= 11 is 1.41. The number of aromatic nitrogens is 1. The van der Waals surface area contributed by atoms with Gasteiger partial charge in [0.2, 0.25) is 5.91 Å². The maximum Gasteiger partial charge on any atom is 0.422 e. The molecule has 3 atom stereocenters. The Hall–Kier alpha value is -7.34. The maximum atomic E-state index is 14.4. The third kappa shape index (κ3) is 7.72. The summed E-state index contributed by atoms with van der Waals surface area (Å²) in [5.41, 5.74) is -0.724. The minimum absolute atomic E-state index is 0.147. The number of nitro groups is 2. The summed E-state index contributed by atoms with van der Waals surface area (Å²) in [5.74, 6) is -4.64. The second-order valence-corrected chi connectivity index (χ2v) is 15.0. The molecule has 4 aromatic carbocycles. The Bertz CT molecular complexity index is 2560. The number of esters is 3. The molecule has 1 saturated heterocycles. The molecule has 0 aliphatic carbocycles. The third-order valence-electron chi connectivity index (χ3n) is 10.2. The zero-order valence-electron chi connectivity index (χ0n) is 31.5. The van der Waals surface area contributed by atoms with E-state index in [1.807, 2.05) is 19.2 Å². The minimum Gasteiger partial charge on any atom is -0.486 e. The summed E-state index contributed by atoms with van der Waals surface area (Å²) < 4.78 is 16.8. The van der Waals surface area contributed by atoms with Crippen LogP contribution in [-0.2, 0) is 25.7 Å². The number of carbonyl (C=O) groups excluding carboxylic acids is 5. The summed E-state index contributed by atoms with van der Waals surface area (Å²) in [6, 6.07) is 18.5. The molecule has 1 aromatic heterocycles. The fraction of sp³-hybridized carbons (Fsp3) is 0.220. The van der Waals surface area contributed by atoms with Gasteiger partial charge in [0.25, 0.3) is 11.4 Å². The summed E-state index contributed by atoms with van der Waals surface area (Å²) in [4.78, 5) is 96.4.